The lowest BCUT2D eigenvalue weighted by Gasteiger charge is -2.45. The maximum absolute atomic E-state index is 13.2. The fourth-order valence-corrected chi connectivity index (χ4v) is 7.09. The first-order valence-corrected chi connectivity index (χ1v) is 14.2. The summed E-state index contributed by atoms with van der Waals surface area (Å²) in [6.07, 6.45) is 17.0. The van der Waals surface area contributed by atoms with E-state index in [0.29, 0.717) is 35.2 Å². The highest BCUT2D eigenvalue weighted by atomic mass is 16.5. The van der Waals surface area contributed by atoms with Crippen LogP contribution in [0.4, 0.5) is 0 Å². The summed E-state index contributed by atoms with van der Waals surface area (Å²) in [5, 5.41) is 0. The van der Waals surface area contributed by atoms with Gasteiger partial charge in [-0.2, -0.15) is 0 Å². The van der Waals surface area contributed by atoms with E-state index in [2.05, 4.69) is 30.6 Å². The fourth-order valence-electron chi connectivity index (χ4n) is 7.09. The lowest BCUT2D eigenvalue weighted by atomic mass is 9.70. The van der Waals surface area contributed by atoms with Gasteiger partial charge < -0.3 is 9.64 Å². The Morgan fingerprint density at radius 1 is 1.06 bits per heavy atom. The molecule has 4 aliphatic rings. The Bertz CT molecular complexity index is 596. The SMILES string of the molecule is CCCC1(CCC(C)CC)CN(CC2CCC(OCN3CCCCC3)CC2)C(=O)C2CC21. The second kappa shape index (κ2) is 11.2. The van der Waals surface area contributed by atoms with Crippen LogP contribution in [-0.4, -0.2) is 54.7 Å². The van der Waals surface area contributed by atoms with E-state index < -0.39 is 0 Å². The molecule has 0 aromatic rings. The third-order valence-electron chi connectivity index (χ3n) is 9.51. The lowest BCUT2D eigenvalue weighted by Crippen LogP contribution is -2.50. The zero-order valence-electron chi connectivity index (χ0n) is 21.3. The molecule has 0 radical (unpaired) electrons. The molecule has 0 spiro atoms. The van der Waals surface area contributed by atoms with Crippen LogP contribution < -0.4 is 0 Å². The van der Waals surface area contributed by atoms with Gasteiger partial charge in [0.2, 0.25) is 5.91 Å². The van der Waals surface area contributed by atoms with Crippen LogP contribution >= 0.6 is 0 Å². The van der Waals surface area contributed by atoms with Crippen LogP contribution in [-0.2, 0) is 9.53 Å². The summed E-state index contributed by atoms with van der Waals surface area (Å²) in [5.74, 6) is 3.03. The molecule has 32 heavy (non-hydrogen) atoms. The van der Waals surface area contributed by atoms with E-state index in [1.165, 1.54) is 96.6 Å². The van der Waals surface area contributed by atoms with E-state index in [-0.39, 0.29) is 0 Å². The van der Waals surface area contributed by atoms with E-state index in [1.807, 2.05) is 0 Å². The molecule has 4 rings (SSSR count). The molecule has 1 amide bonds. The summed E-state index contributed by atoms with van der Waals surface area (Å²) in [5.41, 5.74) is 0.408. The summed E-state index contributed by atoms with van der Waals surface area (Å²) in [6.45, 7) is 12.4. The first-order chi connectivity index (χ1) is 15.5. The number of piperidine rings is 2. The van der Waals surface area contributed by atoms with E-state index >= 15 is 0 Å². The molecule has 2 heterocycles. The number of likely N-dealkylation sites (tertiary alicyclic amines) is 2. The second-order valence-electron chi connectivity index (χ2n) is 11.9. The maximum atomic E-state index is 13.2. The highest BCUT2D eigenvalue weighted by Gasteiger charge is 2.60. The first kappa shape index (κ1) is 24.5. The predicted octanol–water partition coefficient (Wildman–Crippen LogP) is 6.10. The largest absolute Gasteiger partial charge is 0.363 e. The number of carbonyl (C=O) groups is 1. The number of hydrogen-bond donors (Lipinski definition) is 0. The van der Waals surface area contributed by atoms with Crippen LogP contribution in [0.15, 0.2) is 0 Å². The van der Waals surface area contributed by atoms with Gasteiger partial charge in [0.25, 0.3) is 0 Å². The molecule has 4 fully saturated rings. The van der Waals surface area contributed by atoms with Gasteiger partial charge in [0.15, 0.2) is 0 Å². The monoisotopic (exact) mass is 446 g/mol. The van der Waals surface area contributed by atoms with Crippen LogP contribution in [0.2, 0.25) is 0 Å². The number of rotatable bonds is 11. The molecule has 2 saturated carbocycles. The van der Waals surface area contributed by atoms with Crippen LogP contribution in [0.3, 0.4) is 0 Å². The van der Waals surface area contributed by atoms with Crippen molar-refractivity contribution in [3.05, 3.63) is 0 Å². The molecule has 0 N–H and O–H groups in total. The van der Waals surface area contributed by atoms with E-state index in [0.717, 1.165) is 25.7 Å². The minimum absolute atomic E-state index is 0.358. The van der Waals surface area contributed by atoms with Crippen LogP contribution in [0.25, 0.3) is 0 Å². The molecular weight excluding hydrogens is 396 g/mol. The minimum Gasteiger partial charge on any atom is -0.363 e. The van der Waals surface area contributed by atoms with Crippen LogP contribution in [0, 0.1) is 29.1 Å². The Kier molecular flexibility index (Phi) is 8.59. The van der Waals surface area contributed by atoms with Crippen molar-refractivity contribution in [1.29, 1.82) is 0 Å². The van der Waals surface area contributed by atoms with E-state index in [9.17, 15) is 4.79 Å². The molecule has 184 valence electrons. The van der Waals surface area contributed by atoms with Crippen molar-refractivity contribution in [1.82, 2.24) is 9.80 Å². The number of ether oxygens (including phenoxy) is 1. The van der Waals surface area contributed by atoms with Crippen molar-refractivity contribution in [2.75, 3.05) is 32.9 Å². The molecule has 0 aromatic heterocycles. The molecule has 0 bridgehead atoms. The first-order valence-electron chi connectivity index (χ1n) is 14.2. The van der Waals surface area contributed by atoms with Gasteiger partial charge in [-0.25, -0.2) is 0 Å². The topological polar surface area (TPSA) is 32.8 Å². The Morgan fingerprint density at radius 3 is 2.50 bits per heavy atom. The van der Waals surface area contributed by atoms with Crippen LogP contribution in [0.5, 0.6) is 0 Å². The smallest absolute Gasteiger partial charge is 0.226 e. The number of nitrogens with zero attached hydrogens (tertiary/aromatic N) is 2. The summed E-state index contributed by atoms with van der Waals surface area (Å²) in [6, 6.07) is 0. The lowest BCUT2D eigenvalue weighted by molar-refractivity contribution is -0.141. The Labute approximate surface area is 197 Å². The van der Waals surface area contributed by atoms with Gasteiger partial charge in [0.05, 0.1) is 12.8 Å². The standard InChI is InChI=1S/C28H50N2O2/c1-4-14-28(15-13-22(3)5-2)20-30(27(31)25-18-26(25)28)19-23-9-11-24(12-10-23)32-21-29-16-7-6-8-17-29/h22-26H,4-21H2,1-3H3. The number of amides is 1. The van der Waals surface area contributed by atoms with E-state index in [1.54, 1.807) is 0 Å². The van der Waals surface area contributed by atoms with Crippen molar-refractivity contribution in [3.63, 3.8) is 0 Å². The highest BCUT2D eigenvalue weighted by molar-refractivity contribution is 5.83. The summed E-state index contributed by atoms with van der Waals surface area (Å²) >= 11 is 0. The van der Waals surface area contributed by atoms with Gasteiger partial charge in [-0.15, -0.1) is 0 Å². The zero-order valence-corrected chi connectivity index (χ0v) is 21.3. The fraction of sp³-hybridized carbons (Fsp3) is 0.964. The molecule has 0 aromatic carbocycles. The van der Waals surface area contributed by atoms with Crippen molar-refractivity contribution < 1.29 is 9.53 Å². The molecular formula is C28H50N2O2. The Balaban J connectivity index is 1.26. The van der Waals surface area contributed by atoms with Gasteiger partial charge in [-0.3, -0.25) is 9.69 Å². The third kappa shape index (κ3) is 5.90. The minimum atomic E-state index is 0.358. The number of carbonyl (C=O) groups excluding carboxylic acids is 1. The number of hydrogen-bond acceptors (Lipinski definition) is 3. The molecule has 2 aliphatic heterocycles. The second-order valence-corrected chi connectivity index (χ2v) is 11.9. The molecule has 4 heteroatoms. The zero-order chi connectivity index (χ0) is 22.6. The Morgan fingerprint density at radius 2 is 1.81 bits per heavy atom. The number of fused-ring (bicyclic) bond motifs is 1. The highest BCUT2D eigenvalue weighted by Crippen LogP contribution is 2.60. The normalized spacial score (nSPS) is 36.7. The molecule has 2 saturated heterocycles. The van der Waals surface area contributed by atoms with Gasteiger partial charge in [-0.1, -0.05) is 46.5 Å². The van der Waals surface area contributed by atoms with Gasteiger partial charge in [0.1, 0.15) is 0 Å². The third-order valence-corrected chi connectivity index (χ3v) is 9.51. The van der Waals surface area contributed by atoms with Gasteiger partial charge >= 0.3 is 0 Å². The summed E-state index contributed by atoms with van der Waals surface area (Å²) in [4.78, 5) is 18.0. The molecule has 2 aliphatic carbocycles. The van der Waals surface area contributed by atoms with Crippen LogP contribution in [0.1, 0.15) is 104 Å². The predicted molar refractivity (Wildman–Crippen MR) is 131 cm³/mol. The average molecular weight is 447 g/mol. The summed E-state index contributed by atoms with van der Waals surface area (Å²) < 4.78 is 6.28. The Hall–Kier alpha value is -0.610. The molecule has 4 unspecified atom stereocenters. The average Bonchev–Trinajstić information content (AvgIpc) is 3.63. The van der Waals surface area contributed by atoms with Crippen molar-refractivity contribution in [3.8, 4) is 0 Å². The molecule has 4 nitrogen and oxygen atoms in total. The van der Waals surface area contributed by atoms with Crippen molar-refractivity contribution in [2.45, 2.75) is 110 Å². The van der Waals surface area contributed by atoms with Crippen molar-refractivity contribution in [2.24, 2.45) is 29.1 Å². The van der Waals surface area contributed by atoms with Gasteiger partial charge in [-0.05, 0) is 81.0 Å². The maximum Gasteiger partial charge on any atom is 0.226 e. The van der Waals surface area contributed by atoms with Crippen molar-refractivity contribution >= 4 is 5.91 Å². The quantitative estimate of drug-likeness (QED) is 0.385. The summed E-state index contributed by atoms with van der Waals surface area (Å²) in [7, 11) is 0. The van der Waals surface area contributed by atoms with E-state index in [4.69, 9.17) is 4.74 Å². The van der Waals surface area contributed by atoms with Gasteiger partial charge in [0, 0.05) is 32.1 Å². The molecule has 4 atom stereocenters.